The summed E-state index contributed by atoms with van der Waals surface area (Å²) in [5, 5.41) is 10.7. The predicted octanol–water partition coefficient (Wildman–Crippen LogP) is 5.03. The van der Waals surface area contributed by atoms with Crippen molar-refractivity contribution in [3.63, 3.8) is 0 Å². The third kappa shape index (κ3) is 3.58. The number of hydrogen-bond acceptors (Lipinski definition) is 6. The molecule has 9 heteroatoms. The Bertz CT molecular complexity index is 1250. The molecular formula is C20H13F3O6. The first-order chi connectivity index (χ1) is 13.7. The lowest BCUT2D eigenvalue weighted by Crippen LogP contribution is -2.17. The molecule has 0 atom stereocenters. The molecule has 150 valence electrons. The summed E-state index contributed by atoms with van der Waals surface area (Å²) in [6.07, 6.45) is -3.44. The van der Waals surface area contributed by atoms with Crippen molar-refractivity contribution in [2.45, 2.75) is 19.9 Å². The molecule has 0 aliphatic rings. The van der Waals surface area contributed by atoms with Crippen LogP contribution in [0.3, 0.4) is 0 Å². The summed E-state index contributed by atoms with van der Waals surface area (Å²) in [5.74, 6) is -0.217. The van der Waals surface area contributed by atoms with Crippen LogP contribution in [0.15, 0.2) is 56.3 Å². The predicted molar refractivity (Wildman–Crippen MR) is 96.1 cm³/mol. The van der Waals surface area contributed by atoms with Crippen molar-refractivity contribution in [2.24, 2.45) is 0 Å². The first kappa shape index (κ1) is 18.7. The minimum atomic E-state index is -4.77. The molecule has 0 saturated heterocycles. The fraction of sp³-hybridized carbons (Fsp3) is 0.150. The molecule has 0 bridgehead atoms. The van der Waals surface area contributed by atoms with Crippen LogP contribution in [0.25, 0.3) is 21.9 Å². The van der Waals surface area contributed by atoms with Crippen molar-refractivity contribution in [3.8, 4) is 17.2 Å². The highest BCUT2D eigenvalue weighted by Crippen LogP contribution is 2.41. The maximum absolute atomic E-state index is 12.4. The third-order valence-electron chi connectivity index (χ3n) is 4.18. The average molecular weight is 406 g/mol. The van der Waals surface area contributed by atoms with Gasteiger partial charge in [-0.05, 0) is 30.7 Å². The summed E-state index contributed by atoms with van der Waals surface area (Å²) < 4.78 is 57.4. The number of benzene rings is 2. The Hall–Kier alpha value is -3.62. The molecule has 29 heavy (non-hydrogen) atoms. The lowest BCUT2D eigenvalue weighted by Gasteiger charge is -2.12. The first-order valence-corrected chi connectivity index (χ1v) is 8.37. The number of alkyl halides is 3. The van der Waals surface area contributed by atoms with Crippen molar-refractivity contribution >= 4 is 21.9 Å². The summed E-state index contributed by atoms with van der Waals surface area (Å²) in [5.41, 5.74) is 0.297. The van der Waals surface area contributed by atoms with E-state index >= 15 is 0 Å². The quantitative estimate of drug-likeness (QED) is 0.512. The summed E-state index contributed by atoms with van der Waals surface area (Å²) in [6, 6.07) is 7.87. The Labute approximate surface area is 160 Å². The van der Waals surface area contributed by atoms with Gasteiger partial charge in [0.25, 0.3) is 0 Å². The van der Waals surface area contributed by atoms with Gasteiger partial charge in [0.1, 0.15) is 29.3 Å². The van der Waals surface area contributed by atoms with Gasteiger partial charge in [-0.3, -0.25) is 4.79 Å². The molecule has 0 aliphatic carbocycles. The van der Waals surface area contributed by atoms with Gasteiger partial charge in [0.15, 0.2) is 16.6 Å². The van der Waals surface area contributed by atoms with Crippen LogP contribution in [0.1, 0.15) is 11.3 Å². The fourth-order valence-corrected chi connectivity index (χ4v) is 2.98. The van der Waals surface area contributed by atoms with Gasteiger partial charge in [-0.1, -0.05) is 12.1 Å². The Morgan fingerprint density at radius 2 is 1.83 bits per heavy atom. The summed E-state index contributed by atoms with van der Waals surface area (Å²) in [4.78, 5) is 12.4. The lowest BCUT2D eigenvalue weighted by atomic mass is 10.1. The molecule has 0 radical (unpaired) electrons. The van der Waals surface area contributed by atoms with Crippen molar-refractivity contribution in [1.82, 2.24) is 0 Å². The standard InChI is InChI=1S/C20H13F3O6/c1-10-8-14(24)15-16(25)13-6-7-26-17(13)19(18(15)28-10)27-9-11-2-4-12(5-3-11)29-20(21,22)23/h2-8,25H,9H2,1H3. The molecule has 0 amide bonds. The number of fused-ring (bicyclic) bond motifs is 2. The molecule has 0 unspecified atom stereocenters. The number of aromatic hydroxyl groups is 1. The van der Waals surface area contributed by atoms with Gasteiger partial charge >= 0.3 is 6.36 Å². The number of ether oxygens (including phenoxy) is 2. The van der Waals surface area contributed by atoms with Crippen LogP contribution in [0, 0.1) is 6.92 Å². The van der Waals surface area contributed by atoms with Crippen molar-refractivity contribution in [3.05, 3.63) is 64.2 Å². The Morgan fingerprint density at radius 1 is 1.10 bits per heavy atom. The van der Waals surface area contributed by atoms with Crippen molar-refractivity contribution in [1.29, 1.82) is 0 Å². The van der Waals surface area contributed by atoms with E-state index in [-0.39, 0.29) is 45.8 Å². The number of phenolic OH excluding ortho intramolecular Hbond substituents is 1. The molecule has 0 saturated carbocycles. The van der Waals surface area contributed by atoms with Crippen LogP contribution >= 0.6 is 0 Å². The summed E-state index contributed by atoms with van der Waals surface area (Å²) in [6.45, 7) is 1.52. The number of aryl methyl sites for hydroxylation is 1. The molecule has 1 N–H and O–H groups in total. The minimum Gasteiger partial charge on any atom is -0.506 e. The lowest BCUT2D eigenvalue weighted by molar-refractivity contribution is -0.274. The maximum Gasteiger partial charge on any atom is 0.573 e. The van der Waals surface area contributed by atoms with E-state index in [1.165, 1.54) is 30.5 Å². The highest BCUT2D eigenvalue weighted by atomic mass is 19.4. The monoisotopic (exact) mass is 406 g/mol. The minimum absolute atomic E-state index is 0.0203. The van der Waals surface area contributed by atoms with E-state index in [0.29, 0.717) is 11.3 Å². The summed E-state index contributed by atoms with van der Waals surface area (Å²) in [7, 11) is 0. The normalized spacial score (nSPS) is 11.9. The van der Waals surface area contributed by atoms with Crippen molar-refractivity contribution < 1.29 is 36.6 Å². The number of phenols is 1. The second kappa shape index (κ2) is 6.77. The van der Waals surface area contributed by atoms with E-state index < -0.39 is 11.8 Å². The molecule has 0 spiro atoms. The van der Waals surface area contributed by atoms with Gasteiger partial charge in [0.05, 0.1) is 11.6 Å². The third-order valence-corrected chi connectivity index (χ3v) is 4.18. The highest BCUT2D eigenvalue weighted by molar-refractivity contribution is 6.06. The molecular weight excluding hydrogens is 393 g/mol. The second-order valence-corrected chi connectivity index (χ2v) is 6.25. The molecule has 2 aromatic carbocycles. The first-order valence-electron chi connectivity index (χ1n) is 8.37. The van der Waals surface area contributed by atoms with E-state index in [1.54, 1.807) is 6.92 Å². The van der Waals surface area contributed by atoms with Gasteiger partial charge in [-0.25, -0.2) is 0 Å². The molecule has 2 aromatic heterocycles. The van der Waals surface area contributed by atoms with Crippen molar-refractivity contribution in [2.75, 3.05) is 0 Å². The van der Waals surface area contributed by atoms with E-state index in [2.05, 4.69) is 4.74 Å². The van der Waals surface area contributed by atoms with Crippen LogP contribution in [0.2, 0.25) is 0 Å². The molecule has 0 aliphatic heterocycles. The Kier molecular flexibility index (Phi) is 4.37. The number of rotatable bonds is 4. The van der Waals surface area contributed by atoms with E-state index in [9.17, 15) is 23.1 Å². The van der Waals surface area contributed by atoms with Gasteiger partial charge in [0.2, 0.25) is 5.75 Å². The fourth-order valence-electron chi connectivity index (χ4n) is 2.98. The smallest absolute Gasteiger partial charge is 0.506 e. The van der Waals surface area contributed by atoms with E-state index in [4.69, 9.17) is 13.6 Å². The highest BCUT2D eigenvalue weighted by Gasteiger charge is 2.31. The molecule has 4 rings (SSSR count). The molecule has 0 fully saturated rings. The molecule has 2 heterocycles. The Morgan fingerprint density at radius 3 is 2.52 bits per heavy atom. The number of hydrogen-bond donors (Lipinski definition) is 1. The van der Waals surface area contributed by atoms with Crippen LogP contribution in [0.5, 0.6) is 17.2 Å². The maximum atomic E-state index is 12.4. The topological polar surface area (TPSA) is 82.0 Å². The molecule has 6 nitrogen and oxygen atoms in total. The van der Waals surface area contributed by atoms with Gasteiger partial charge < -0.3 is 23.4 Å². The van der Waals surface area contributed by atoms with Crippen LogP contribution in [-0.4, -0.2) is 11.5 Å². The molecule has 4 aromatic rings. The second-order valence-electron chi connectivity index (χ2n) is 6.25. The average Bonchev–Trinajstić information content (AvgIpc) is 3.11. The van der Waals surface area contributed by atoms with E-state index in [0.717, 1.165) is 12.1 Å². The van der Waals surface area contributed by atoms with Gasteiger partial charge in [-0.15, -0.1) is 13.2 Å². The SMILES string of the molecule is Cc1cc(=O)c2c(O)c3ccoc3c(OCc3ccc(OC(F)(F)F)cc3)c2o1. The number of halogens is 3. The van der Waals surface area contributed by atoms with Gasteiger partial charge in [0, 0.05) is 6.07 Å². The zero-order valence-corrected chi connectivity index (χ0v) is 14.9. The summed E-state index contributed by atoms with van der Waals surface area (Å²) >= 11 is 0. The van der Waals surface area contributed by atoms with Gasteiger partial charge in [-0.2, -0.15) is 0 Å². The van der Waals surface area contributed by atoms with Crippen LogP contribution in [0.4, 0.5) is 13.2 Å². The zero-order chi connectivity index (χ0) is 20.8. The van der Waals surface area contributed by atoms with E-state index in [1.807, 2.05) is 0 Å². The van der Waals surface area contributed by atoms with Crippen LogP contribution < -0.4 is 14.9 Å². The Balaban J connectivity index is 1.71. The number of furan rings is 1. The van der Waals surface area contributed by atoms with Crippen LogP contribution in [-0.2, 0) is 6.61 Å². The zero-order valence-electron chi connectivity index (χ0n) is 14.9. The largest absolute Gasteiger partial charge is 0.573 e.